The van der Waals surface area contributed by atoms with Crippen molar-refractivity contribution in [3.05, 3.63) is 41.0 Å². The maximum atomic E-state index is 12.4. The van der Waals surface area contributed by atoms with Crippen LogP contribution < -0.4 is 9.47 Å². The Hall–Kier alpha value is -2.76. The molecule has 1 aromatic rings. The first kappa shape index (κ1) is 21.5. The lowest BCUT2D eigenvalue weighted by Crippen LogP contribution is -2.00. The summed E-state index contributed by atoms with van der Waals surface area (Å²) in [5, 5.41) is 0. The molecule has 1 aliphatic heterocycles. The zero-order valence-electron chi connectivity index (χ0n) is 17.0. The fourth-order valence-corrected chi connectivity index (χ4v) is 3.05. The lowest BCUT2D eigenvalue weighted by molar-refractivity contribution is -0.137. The number of rotatable bonds is 10. The smallest absolute Gasteiger partial charge is 0.344 e. The highest BCUT2D eigenvalue weighted by Crippen LogP contribution is 2.40. The minimum atomic E-state index is -0.443. The Morgan fingerprint density at radius 2 is 1.68 bits per heavy atom. The number of hydrogen-bond donors (Lipinski definition) is 0. The maximum absolute atomic E-state index is 12.4. The van der Waals surface area contributed by atoms with Crippen molar-refractivity contribution in [3.8, 4) is 11.5 Å². The number of ether oxygens (including phenoxy) is 4. The van der Waals surface area contributed by atoms with Gasteiger partial charge in [-0.05, 0) is 43.5 Å². The lowest BCUT2D eigenvalue weighted by atomic mass is 9.99. The third-order valence-corrected chi connectivity index (χ3v) is 4.48. The summed E-state index contributed by atoms with van der Waals surface area (Å²) in [5.74, 6) is 0.563. The van der Waals surface area contributed by atoms with Gasteiger partial charge in [0.1, 0.15) is 5.76 Å². The molecule has 152 valence electrons. The van der Waals surface area contributed by atoms with Crippen molar-refractivity contribution in [2.75, 3.05) is 20.8 Å². The zero-order valence-corrected chi connectivity index (χ0v) is 17.0. The van der Waals surface area contributed by atoms with E-state index < -0.39 is 11.9 Å². The molecule has 0 bridgehead atoms. The molecule has 0 aliphatic carbocycles. The van der Waals surface area contributed by atoms with Crippen molar-refractivity contribution in [3.63, 3.8) is 0 Å². The van der Waals surface area contributed by atoms with Crippen LogP contribution >= 0.6 is 0 Å². The summed E-state index contributed by atoms with van der Waals surface area (Å²) >= 11 is 0. The van der Waals surface area contributed by atoms with Crippen LogP contribution in [0.25, 0.3) is 5.76 Å². The topological polar surface area (TPSA) is 71.1 Å². The van der Waals surface area contributed by atoms with Gasteiger partial charge in [0, 0.05) is 11.6 Å². The van der Waals surface area contributed by atoms with E-state index in [1.165, 1.54) is 20.3 Å². The second kappa shape index (κ2) is 10.5. The Balaban J connectivity index is 2.45. The molecule has 0 amide bonds. The van der Waals surface area contributed by atoms with Gasteiger partial charge in [0.15, 0.2) is 11.5 Å². The third kappa shape index (κ3) is 5.15. The van der Waals surface area contributed by atoms with Crippen LogP contribution in [0.5, 0.6) is 11.5 Å². The molecular formula is C22H28O6. The highest BCUT2D eigenvalue weighted by molar-refractivity contribution is 6.04. The summed E-state index contributed by atoms with van der Waals surface area (Å²) in [6, 6.07) is 3.35. The molecule has 0 radical (unpaired) electrons. The van der Waals surface area contributed by atoms with Crippen LogP contribution in [0.2, 0.25) is 0 Å². The van der Waals surface area contributed by atoms with Crippen LogP contribution in [0.15, 0.2) is 29.9 Å². The van der Waals surface area contributed by atoms with Gasteiger partial charge in [-0.15, -0.1) is 0 Å². The van der Waals surface area contributed by atoms with E-state index >= 15 is 0 Å². The van der Waals surface area contributed by atoms with Crippen LogP contribution in [0.3, 0.4) is 0 Å². The minimum absolute atomic E-state index is 0.306. The van der Waals surface area contributed by atoms with E-state index in [0.717, 1.165) is 31.3 Å². The van der Waals surface area contributed by atoms with Crippen LogP contribution in [-0.4, -0.2) is 32.8 Å². The van der Waals surface area contributed by atoms with Crippen LogP contribution in [-0.2, 0) is 14.3 Å². The third-order valence-electron chi connectivity index (χ3n) is 4.48. The number of benzene rings is 1. The average Bonchev–Trinajstić information content (AvgIpc) is 3.02. The molecule has 2 rings (SSSR count). The fourth-order valence-electron chi connectivity index (χ4n) is 3.05. The van der Waals surface area contributed by atoms with Crippen LogP contribution in [0.4, 0.5) is 0 Å². The number of carbonyl (C=O) groups is 2. The largest absolute Gasteiger partial charge is 0.493 e. The Morgan fingerprint density at radius 3 is 2.29 bits per heavy atom. The minimum Gasteiger partial charge on any atom is -0.493 e. The van der Waals surface area contributed by atoms with E-state index in [9.17, 15) is 9.59 Å². The van der Waals surface area contributed by atoms with E-state index in [0.29, 0.717) is 41.4 Å². The van der Waals surface area contributed by atoms with Gasteiger partial charge in [-0.3, -0.25) is 0 Å². The van der Waals surface area contributed by atoms with Crippen molar-refractivity contribution in [2.45, 2.75) is 46.0 Å². The van der Waals surface area contributed by atoms with Crippen molar-refractivity contribution >= 4 is 17.7 Å². The van der Waals surface area contributed by atoms with E-state index in [1.807, 2.05) is 0 Å². The highest BCUT2D eigenvalue weighted by atomic mass is 16.5. The van der Waals surface area contributed by atoms with E-state index in [4.69, 9.17) is 18.9 Å². The number of allylic oxidation sites excluding steroid dienone is 2. The number of esters is 2. The summed E-state index contributed by atoms with van der Waals surface area (Å²) in [4.78, 5) is 24.2. The SMILES string of the molecule is CCCCCCC(/C=C/C(=O)OCC)=C1\OC(=O)c2cc(OC)c(OC)cc21. The first-order chi connectivity index (χ1) is 13.5. The summed E-state index contributed by atoms with van der Waals surface area (Å²) in [6.45, 7) is 4.21. The molecule has 0 saturated heterocycles. The molecule has 0 saturated carbocycles. The van der Waals surface area contributed by atoms with Gasteiger partial charge >= 0.3 is 11.9 Å². The van der Waals surface area contributed by atoms with E-state index in [-0.39, 0.29) is 0 Å². The number of unbranched alkanes of at least 4 members (excludes halogenated alkanes) is 3. The monoisotopic (exact) mass is 388 g/mol. The molecule has 6 heteroatoms. The quantitative estimate of drug-likeness (QED) is 0.329. The van der Waals surface area contributed by atoms with Crippen molar-refractivity contribution in [2.24, 2.45) is 0 Å². The molecule has 1 aromatic carbocycles. The molecule has 1 heterocycles. The Morgan fingerprint density at radius 1 is 1.00 bits per heavy atom. The Bertz CT molecular complexity index is 775. The fraction of sp³-hybridized carbons (Fsp3) is 0.455. The molecular weight excluding hydrogens is 360 g/mol. The molecule has 0 atom stereocenters. The van der Waals surface area contributed by atoms with Gasteiger partial charge in [0.25, 0.3) is 0 Å². The van der Waals surface area contributed by atoms with Gasteiger partial charge in [-0.25, -0.2) is 9.59 Å². The molecule has 0 fully saturated rings. The highest BCUT2D eigenvalue weighted by Gasteiger charge is 2.30. The standard InChI is InChI=1S/C22H28O6/c1-5-7-8-9-10-15(11-12-20(23)27-6-2)21-16-13-18(25-3)19(26-4)14-17(16)22(24)28-21/h11-14H,5-10H2,1-4H3/b12-11+,21-15+. The molecule has 6 nitrogen and oxygen atoms in total. The first-order valence-electron chi connectivity index (χ1n) is 9.62. The van der Waals surface area contributed by atoms with Gasteiger partial charge < -0.3 is 18.9 Å². The van der Waals surface area contributed by atoms with Gasteiger partial charge in [-0.1, -0.05) is 26.2 Å². The second-order valence-electron chi connectivity index (χ2n) is 6.39. The molecule has 28 heavy (non-hydrogen) atoms. The Labute approximate surface area is 166 Å². The summed E-state index contributed by atoms with van der Waals surface area (Å²) in [6.07, 6.45) is 7.99. The molecule has 0 unspecified atom stereocenters. The predicted molar refractivity (Wildman–Crippen MR) is 106 cm³/mol. The van der Waals surface area contributed by atoms with Gasteiger partial charge in [0.2, 0.25) is 0 Å². The molecule has 0 aromatic heterocycles. The predicted octanol–water partition coefficient (Wildman–Crippen LogP) is 4.68. The lowest BCUT2D eigenvalue weighted by Gasteiger charge is -2.10. The summed E-state index contributed by atoms with van der Waals surface area (Å²) in [5.41, 5.74) is 1.84. The average molecular weight is 388 g/mol. The van der Waals surface area contributed by atoms with Crippen molar-refractivity contribution < 1.29 is 28.5 Å². The molecule has 0 N–H and O–H groups in total. The second-order valence-corrected chi connectivity index (χ2v) is 6.39. The maximum Gasteiger partial charge on any atom is 0.344 e. The first-order valence-corrected chi connectivity index (χ1v) is 9.62. The van der Waals surface area contributed by atoms with E-state index in [2.05, 4.69) is 6.92 Å². The number of methoxy groups -OCH3 is 2. The van der Waals surface area contributed by atoms with E-state index in [1.54, 1.807) is 25.1 Å². The van der Waals surface area contributed by atoms with Crippen molar-refractivity contribution in [1.29, 1.82) is 0 Å². The number of hydrogen-bond acceptors (Lipinski definition) is 6. The molecule has 0 spiro atoms. The van der Waals surface area contributed by atoms with Crippen LogP contribution in [0.1, 0.15) is 61.9 Å². The summed E-state index contributed by atoms with van der Waals surface area (Å²) in [7, 11) is 3.06. The zero-order chi connectivity index (χ0) is 20.5. The van der Waals surface area contributed by atoms with Crippen molar-refractivity contribution in [1.82, 2.24) is 0 Å². The van der Waals surface area contributed by atoms with Gasteiger partial charge in [-0.2, -0.15) is 0 Å². The Kier molecular flexibility index (Phi) is 8.11. The number of cyclic esters (lactones) is 1. The summed E-state index contributed by atoms with van der Waals surface area (Å²) < 4.78 is 21.2. The van der Waals surface area contributed by atoms with Crippen LogP contribution in [0, 0.1) is 0 Å². The number of fused-ring (bicyclic) bond motifs is 1. The number of carbonyl (C=O) groups excluding carboxylic acids is 2. The molecule has 1 aliphatic rings. The normalized spacial score (nSPS) is 14.6. The van der Waals surface area contributed by atoms with Gasteiger partial charge in [0.05, 0.1) is 26.4 Å².